The summed E-state index contributed by atoms with van der Waals surface area (Å²) in [5.74, 6) is -0.183. The van der Waals surface area contributed by atoms with E-state index < -0.39 is 6.04 Å². The molecule has 5 N–H and O–H groups in total. The molecule has 0 spiro atoms. The molecule has 0 saturated carbocycles. The fourth-order valence-corrected chi connectivity index (χ4v) is 2.92. The molecular weight excluding hydrogens is 290 g/mol. The van der Waals surface area contributed by atoms with Gasteiger partial charge >= 0.3 is 0 Å². The molecule has 0 aliphatic rings. The number of aromatic amines is 2. The SMILES string of the molecule is Cc1n[nH]c(C)c1[C@@H](N)C(=O)NCCc1c[nH]c2ccccc12. The van der Waals surface area contributed by atoms with Crippen LogP contribution >= 0.6 is 0 Å². The van der Waals surface area contributed by atoms with E-state index in [1.165, 1.54) is 10.9 Å². The number of aryl methyl sites for hydroxylation is 2. The van der Waals surface area contributed by atoms with E-state index in [1.807, 2.05) is 38.2 Å². The molecule has 0 bridgehead atoms. The van der Waals surface area contributed by atoms with E-state index in [4.69, 9.17) is 5.73 Å². The maximum Gasteiger partial charge on any atom is 0.241 e. The Morgan fingerprint density at radius 3 is 2.87 bits per heavy atom. The number of hydrogen-bond acceptors (Lipinski definition) is 3. The van der Waals surface area contributed by atoms with Crippen molar-refractivity contribution < 1.29 is 4.79 Å². The second-order valence-corrected chi connectivity index (χ2v) is 5.73. The summed E-state index contributed by atoms with van der Waals surface area (Å²) in [7, 11) is 0. The maximum atomic E-state index is 12.3. The zero-order valence-corrected chi connectivity index (χ0v) is 13.3. The molecule has 6 heteroatoms. The van der Waals surface area contributed by atoms with Crippen molar-refractivity contribution in [3.05, 3.63) is 53.0 Å². The van der Waals surface area contributed by atoms with Crippen molar-refractivity contribution >= 4 is 16.8 Å². The fraction of sp³-hybridized carbons (Fsp3) is 0.294. The Balaban J connectivity index is 1.61. The molecular formula is C17H21N5O. The second-order valence-electron chi connectivity index (χ2n) is 5.73. The Hall–Kier alpha value is -2.60. The predicted molar refractivity (Wildman–Crippen MR) is 90.0 cm³/mol. The van der Waals surface area contributed by atoms with Crippen LogP contribution in [0.3, 0.4) is 0 Å². The van der Waals surface area contributed by atoms with Crippen molar-refractivity contribution in [2.45, 2.75) is 26.3 Å². The molecule has 0 saturated heterocycles. The highest BCUT2D eigenvalue weighted by atomic mass is 16.2. The smallest absolute Gasteiger partial charge is 0.241 e. The van der Waals surface area contributed by atoms with Crippen LogP contribution in [0.15, 0.2) is 30.5 Å². The average Bonchev–Trinajstić information content (AvgIpc) is 3.10. The largest absolute Gasteiger partial charge is 0.361 e. The van der Waals surface area contributed by atoms with Gasteiger partial charge in [0.1, 0.15) is 6.04 Å². The van der Waals surface area contributed by atoms with Gasteiger partial charge in [0.25, 0.3) is 0 Å². The van der Waals surface area contributed by atoms with Gasteiger partial charge < -0.3 is 16.0 Å². The molecule has 0 aliphatic carbocycles. The number of aromatic nitrogens is 3. The van der Waals surface area contributed by atoms with Gasteiger partial charge in [-0.05, 0) is 31.9 Å². The normalized spacial score (nSPS) is 12.5. The summed E-state index contributed by atoms with van der Waals surface area (Å²) in [6.45, 7) is 4.26. The van der Waals surface area contributed by atoms with E-state index in [0.29, 0.717) is 6.54 Å². The first kappa shape index (κ1) is 15.3. The molecule has 3 rings (SSSR count). The summed E-state index contributed by atoms with van der Waals surface area (Å²) < 4.78 is 0. The van der Waals surface area contributed by atoms with E-state index in [1.54, 1.807) is 0 Å². The lowest BCUT2D eigenvalue weighted by Gasteiger charge is -2.12. The van der Waals surface area contributed by atoms with E-state index in [9.17, 15) is 4.79 Å². The van der Waals surface area contributed by atoms with Crippen LogP contribution in [0.4, 0.5) is 0 Å². The Morgan fingerprint density at radius 1 is 1.35 bits per heavy atom. The topological polar surface area (TPSA) is 99.6 Å². The summed E-state index contributed by atoms with van der Waals surface area (Å²) in [6, 6.07) is 7.43. The minimum Gasteiger partial charge on any atom is -0.361 e. The minimum atomic E-state index is -0.697. The highest BCUT2D eigenvalue weighted by Gasteiger charge is 2.21. The van der Waals surface area contributed by atoms with E-state index >= 15 is 0 Å². The second kappa shape index (κ2) is 6.26. The zero-order valence-electron chi connectivity index (χ0n) is 13.3. The number of carbonyl (C=O) groups is 1. The molecule has 1 atom stereocenters. The molecule has 2 aromatic heterocycles. The van der Waals surface area contributed by atoms with Gasteiger partial charge in [-0.2, -0.15) is 5.10 Å². The monoisotopic (exact) mass is 311 g/mol. The van der Waals surface area contributed by atoms with Crippen molar-refractivity contribution in [1.29, 1.82) is 0 Å². The number of nitrogens with one attached hydrogen (secondary N) is 3. The van der Waals surface area contributed by atoms with Crippen molar-refractivity contribution in [2.24, 2.45) is 5.73 Å². The third-order valence-corrected chi connectivity index (χ3v) is 4.15. The van der Waals surface area contributed by atoms with Crippen LogP contribution in [0.1, 0.15) is 28.6 Å². The first-order valence-electron chi connectivity index (χ1n) is 7.67. The number of carbonyl (C=O) groups excluding carboxylic acids is 1. The zero-order chi connectivity index (χ0) is 16.4. The van der Waals surface area contributed by atoms with Gasteiger partial charge in [0, 0.05) is 34.9 Å². The highest BCUT2D eigenvalue weighted by Crippen LogP contribution is 2.19. The van der Waals surface area contributed by atoms with Crippen LogP contribution < -0.4 is 11.1 Å². The average molecular weight is 311 g/mol. The van der Waals surface area contributed by atoms with Crippen molar-refractivity contribution in [1.82, 2.24) is 20.5 Å². The molecule has 23 heavy (non-hydrogen) atoms. The fourth-order valence-electron chi connectivity index (χ4n) is 2.92. The Bertz CT molecular complexity index is 813. The maximum absolute atomic E-state index is 12.3. The number of amides is 1. The van der Waals surface area contributed by atoms with Gasteiger partial charge in [-0.25, -0.2) is 0 Å². The van der Waals surface area contributed by atoms with Crippen LogP contribution in [0.5, 0.6) is 0 Å². The van der Waals surface area contributed by atoms with Crippen molar-refractivity contribution in [3.63, 3.8) is 0 Å². The lowest BCUT2D eigenvalue weighted by atomic mass is 10.0. The lowest BCUT2D eigenvalue weighted by molar-refractivity contribution is -0.122. The molecule has 1 amide bonds. The number of benzene rings is 1. The number of nitrogens with two attached hydrogens (primary N) is 1. The van der Waals surface area contributed by atoms with Gasteiger partial charge in [0.2, 0.25) is 5.91 Å². The first-order valence-corrected chi connectivity index (χ1v) is 7.67. The van der Waals surface area contributed by atoms with Crippen LogP contribution in [0.25, 0.3) is 10.9 Å². The first-order chi connectivity index (χ1) is 11.1. The van der Waals surface area contributed by atoms with E-state index in [0.717, 1.165) is 28.9 Å². The van der Waals surface area contributed by atoms with Gasteiger partial charge in [-0.15, -0.1) is 0 Å². The van der Waals surface area contributed by atoms with Crippen LogP contribution in [-0.4, -0.2) is 27.6 Å². The Labute approximate surface area is 134 Å². The minimum absolute atomic E-state index is 0.183. The number of nitrogens with zero attached hydrogens (tertiary/aromatic N) is 1. The third kappa shape index (κ3) is 2.98. The van der Waals surface area contributed by atoms with Gasteiger partial charge in [0.05, 0.1) is 5.69 Å². The molecule has 0 aliphatic heterocycles. The molecule has 0 radical (unpaired) electrons. The van der Waals surface area contributed by atoms with Gasteiger partial charge in [-0.1, -0.05) is 18.2 Å². The summed E-state index contributed by atoms with van der Waals surface area (Å²) in [5, 5.41) is 11.0. The molecule has 0 fully saturated rings. The van der Waals surface area contributed by atoms with Crippen molar-refractivity contribution in [2.75, 3.05) is 6.54 Å². The molecule has 1 aromatic carbocycles. The molecule has 6 nitrogen and oxygen atoms in total. The Morgan fingerprint density at radius 2 is 2.13 bits per heavy atom. The van der Waals surface area contributed by atoms with Gasteiger partial charge in [-0.3, -0.25) is 9.89 Å². The highest BCUT2D eigenvalue weighted by molar-refractivity contribution is 5.84. The third-order valence-electron chi connectivity index (χ3n) is 4.15. The summed E-state index contributed by atoms with van der Waals surface area (Å²) in [6.07, 6.45) is 2.74. The molecule has 2 heterocycles. The van der Waals surface area contributed by atoms with E-state index in [-0.39, 0.29) is 5.91 Å². The van der Waals surface area contributed by atoms with Crippen LogP contribution in [-0.2, 0) is 11.2 Å². The quantitative estimate of drug-likeness (QED) is 0.578. The summed E-state index contributed by atoms with van der Waals surface area (Å²) in [4.78, 5) is 15.5. The number of rotatable bonds is 5. The van der Waals surface area contributed by atoms with Gasteiger partial charge in [0.15, 0.2) is 0 Å². The molecule has 0 unspecified atom stereocenters. The lowest BCUT2D eigenvalue weighted by Crippen LogP contribution is -2.35. The number of hydrogen-bond donors (Lipinski definition) is 4. The standard InChI is InChI=1S/C17H21N5O/c1-10-15(11(2)22-21-10)16(18)17(23)19-8-7-12-9-20-14-6-4-3-5-13(12)14/h3-6,9,16,20H,7-8,18H2,1-2H3,(H,19,23)(H,21,22)/t16-/m1/s1. The Kier molecular flexibility index (Phi) is 4.16. The summed E-state index contributed by atoms with van der Waals surface area (Å²) in [5.41, 5.74) is 10.7. The van der Waals surface area contributed by atoms with Crippen molar-refractivity contribution in [3.8, 4) is 0 Å². The number of fused-ring (bicyclic) bond motifs is 1. The van der Waals surface area contributed by atoms with Crippen LogP contribution in [0.2, 0.25) is 0 Å². The predicted octanol–water partition coefficient (Wildman–Crippen LogP) is 1.87. The summed E-state index contributed by atoms with van der Waals surface area (Å²) >= 11 is 0. The van der Waals surface area contributed by atoms with Crippen LogP contribution in [0, 0.1) is 13.8 Å². The molecule has 3 aromatic rings. The molecule has 120 valence electrons. The van der Waals surface area contributed by atoms with E-state index in [2.05, 4.69) is 26.6 Å². The number of para-hydroxylation sites is 1. The number of H-pyrrole nitrogens is 2.